The van der Waals surface area contributed by atoms with Crippen molar-refractivity contribution in [3.63, 3.8) is 0 Å². The van der Waals surface area contributed by atoms with Crippen molar-refractivity contribution in [3.05, 3.63) is 182 Å². The van der Waals surface area contributed by atoms with Crippen LogP contribution in [0.4, 0.5) is 0 Å². The third-order valence-corrected chi connectivity index (χ3v) is 12.4. The van der Waals surface area contributed by atoms with E-state index in [0.29, 0.717) is 17.5 Å². The van der Waals surface area contributed by atoms with Crippen molar-refractivity contribution in [2.75, 3.05) is 0 Å². The summed E-state index contributed by atoms with van der Waals surface area (Å²) in [5, 5.41) is 12.8. The summed E-state index contributed by atoms with van der Waals surface area (Å²) in [6.07, 6.45) is 0. The first kappa shape index (κ1) is 31.2. The molecule has 0 atom stereocenters. The molecule has 260 valence electrons. The zero-order chi connectivity index (χ0) is 36.7. The third kappa shape index (κ3) is 4.55. The van der Waals surface area contributed by atoms with Gasteiger partial charge in [0.05, 0.1) is 15.7 Å². The van der Waals surface area contributed by atoms with Gasteiger partial charge < -0.3 is 4.57 Å². The average molecular weight is 731 g/mol. The molecule has 3 aromatic heterocycles. The van der Waals surface area contributed by atoms with E-state index in [-0.39, 0.29) is 0 Å². The Morgan fingerprint density at radius 3 is 1.48 bits per heavy atom. The minimum atomic E-state index is 0.634. The van der Waals surface area contributed by atoms with Crippen LogP contribution in [0.25, 0.3) is 114 Å². The minimum absolute atomic E-state index is 0.634. The molecule has 0 fully saturated rings. The van der Waals surface area contributed by atoms with Gasteiger partial charge in [0, 0.05) is 59.4 Å². The molecule has 5 heteroatoms. The predicted molar refractivity (Wildman–Crippen MR) is 236 cm³/mol. The third-order valence-electron chi connectivity index (χ3n) is 11.2. The number of benzene rings is 9. The minimum Gasteiger partial charge on any atom is -0.308 e. The van der Waals surface area contributed by atoms with Gasteiger partial charge in [-0.3, -0.25) is 0 Å². The topological polar surface area (TPSA) is 43.6 Å². The molecule has 4 nitrogen and oxygen atoms in total. The van der Waals surface area contributed by atoms with Crippen molar-refractivity contribution < 1.29 is 0 Å². The van der Waals surface area contributed by atoms with E-state index in [1.165, 1.54) is 68.8 Å². The predicted octanol–water partition coefficient (Wildman–Crippen LogP) is 13.8. The second-order valence-electron chi connectivity index (χ2n) is 14.3. The summed E-state index contributed by atoms with van der Waals surface area (Å²) in [4.78, 5) is 15.2. The molecule has 0 spiro atoms. The zero-order valence-electron chi connectivity index (χ0n) is 30.0. The molecule has 0 saturated heterocycles. The Labute approximate surface area is 325 Å². The van der Waals surface area contributed by atoms with Gasteiger partial charge in [-0.1, -0.05) is 158 Å². The summed E-state index contributed by atoms with van der Waals surface area (Å²) >= 11 is 1.89. The van der Waals surface area contributed by atoms with Crippen molar-refractivity contribution in [1.82, 2.24) is 19.5 Å². The number of rotatable bonds is 4. The quantitative estimate of drug-likeness (QED) is 0.169. The molecule has 0 unspecified atom stereocenters. The Hall–Kier alpha value is -7.21. The Kier molecular flexibility index (Phi) is 6.76. The first-order valence-electron chi connectivity index (χ1n) is 18.9. The summed E-state index contributed by atoms with van der Waals surface area (Å²) < 4.78 is 5.05. The standard InChI is InChI=1S/C51H30N4S/c1-3-16-31(17-4-1)49-52-50(32-18-5-2-6-19-32)54-51(53-49)33-20-15-21-34(30-33)55-41-28-13-11-26-39(41)45-43-37-24-9-7-22-35(37)36-23-8-10-25-38(36)44(43)46-40-27-12-14-29-42(40)56-48(46)47(45)55/h1-30H. The number of para-hydroxylation sites is 1. The lowest BCUT2D eigenvalue weighted by Crippen LogP contribution is -2.01. The first-order valence-corrected chi connectivity index (χ1v) is 19.7. The smallest absolute Gasteiger partial charge is 0.164 e. The maximum Gasteiger partial charge on any atom is 0.164 e. The zero-order valence-corrected chi connectivity index (χ0v) is 30.8. The summed E-state index contributed by atoms with van der Waals surface area (Å²) in [7, 11) is 0. The highest BCUT2D eigenvalue weighted by Crippen LogP contribution is 2.51. The van der Waals surface area contributed by atoms with Crippen LogP contribution >= 0.6 is 11.3 Å². The van der Waals surface area contributed by atoms with E-state index in [4.69, 9.17) is 15.0 Å². The molecule has 0 aliphatic heterocycles. The van der Waals surface area contributed by atoms with Gasteiger partial charge in [-0.05, 0) is 45.8 Å². The summed E-state index contributed by atoms with van der Waals surface area (Å²) in [5.74, 6) is 1.93. The normalized spacial score (nSPS) is 11.9. The average Bonchev–Trinajstić information content (AvgIpc) is 3.84. The fourth-order valence-electron chi connectivity index (χ4n) is 8.82. The largest absolute Gasteiger partial charge is 0.308 e. The van der Waals surface area contributed by atoms with Crippen molar-refractivity contribution >= 4 is 85.6 Å². The Balaban J connectivity index is 1.22. The van der Waals surface area contributed by atoms with Crippen LogP contribution in [0.5, 0.6) is 0 Å². The van der Waals surface area contributed by atoms with E-state index in [1.807, 2.05) is 47.7 Å². The van der Waals surface area contributed by atoms with Crippen LogP contribution in [-0.2, 0) is 0 Å². The van der Waals surface area contributed by atoms with E-state index in [0.717, 1.165) is 27.9 Å². The highest BCUT2D eigenvalue weighted by atomic mass is 32.1. The van der Waals surface area contributed by atoms with Gasteiger partial charge in [-0.15, -0.1) is 11.3 Å². The van der Waals surface area contributed by atoms with Crippen LogP contribution in [0, 0.1) is 0 Å². The van der Waals surface area contributed by atoms with Crippen LogP contribution in [0.1, 0.15) is 0 Å². The number of thiophene rings is 1. The first-order chi connectivity index (χ1) is 27.8. The van der Waals surface area contributed by atoms with Crippen molar-refractivity contribution in [2.45, 2.75) is 0 Å². The van der Waals surface area contributed by atoms with E-state index in [2.05, 4.69) is 150 Å². The number of aromatic nitrogens is 4. The van der Waals surface area contributed by atoms with Crippen LogP contribution in [0.2, 0.25) is 0 Å². The molecule has 9 aromatic carbocycles. The van der Waals surface area contributed by atoms with Gasteiger partial charge in [0.25, 0.3) is 0 Å². The second kappa shape index (κ2) is 12.2. The fourth-order valence-corrected chi connectivity index (χ4v) is 10.1. The van der Waals surface area contributed by atoms with Crippen molar-refractivity contribution in [3.8, 4) is 39.9 Å². The number of nitrogens with zero attached hydrogens (tertiary/aromatic N) is 4. The van der Waals surface area contributed by atoms with Gasteiger partial charge in [0.15, 0.2) is 17.5 Å². The SMILES string of the molecule is c1ccc(-c2nc(-c3ccccc3)nc(-c3cccc(-n4c5ccccc5c5c6c7ccccc7c7ccccc7c6c6c7ccccc7sc6c54)c3)n2)cc1. The Morgan fingerprint density at radius 2 is 0.839 bits per heavy atom. The van der Waals surface area contributed by atoms with Crippen molar-refractivity contribution in [1.29, 1.82) is 0 Å². The van der Waals surface area contributed by atoms with E-state index in [9.17, 15) is 0 Å². The van der Waals surface area contributed by atoms with E-state index >= 15 is 0 Å². The lowest BCUT2D eigenvalue weighted by atomic mass is 9.89. The van der Waals surface area contributed by atoms with Crippen LogP contribution < -0.4 is 0 Å². The summed E-state index contributed by atoms with van der Waals surface area (Å²) in [5.41, 5.74) is 6.26. The van der Waals surface area contributed by atoms with Crippen LogP contribution in [0.15, 0.2) is 182 Å². The molecule has 0 bridgehead atoms. The summed E-state index contributed by atoms with van der Waals surface area (Å²) in [6, 6.07) is 64.7. The van der Waals surface area contributed by atoms with Gasteiger partial charge >= 0.3 is 0 Å². The Bertz CT molecular complexity index is 3470. The molecule has 12 rings (SSSR count). The molecule has 56 heavy (non-hydrogen) atoms. The molecule has 12 aromatic rings. The summed E-state index contributed by atoms with van der Waals surface area (Å²) in [6.45, 7) is 0. The molecule has 0 N–H and O–H groups in total. The maximum atomic E-state index is 5.10. The highest BCUT2D eigenvalue weighted by Gasteiger charge is 2.25. The molecule has 0 radical (unpaired) electrons. The number of hydrogen-bond donors (Lipinski definition) is 0. The second-order valence-corrected chi connectivity index (χ2v) is 15.4. The lowest BCUT2D eigenvalue weighted by Gasteiger charge is -2.15. The number of hydrogen-bond acceptors (Lipinski definition) is 4. The van der Waals surface area contributed by atoms with Crippen LogP contribution in [-0.4, -0.2) is 19.5 Å². The maximum absolute atomic E-state index is 5.10. The fraction of sp³-hybridized carbons (Fsp3) is 0. The van der Waals surface area contributed by atoms with E-state index in [1.54, 1.807) is 0 Å². The van der Waals surface area contributed by atoms with E-state index < -0.39 is 0 Å². The van der Waals surface area contributed by atoms with Gasteiger partial charge in [0.1, 0.15) is 0 Å². The van der Waals surface area contributed by atoms with Gasteiger partial charge in [-0.25, -0.2) is 15.0 Å². The molecule has 0 amide bonds. The highest BCUT2D eigenvalue weighted by molar-refractivity contribution is 7.27. The van der Waals surface area contributed by atoms with Gasteiger partial charge in [0.2, 0.25) is 0 Å². The monoisotopic (exact) mass is 730 g/mol. The number of fused-ring (bicyclic) bond motifs is 15. The lowest BCUT2D eigenvalue weighted by molar-refractivity contribution is 1.07. The molecule has 0 saturated carbocycles. The molecular weight excluding hydrogens is 701 g/mol. The molecule has 0 aliphatic carbocycles. The molecule has 0 aliphatic rings. The van der Waals surface area contributed by atoms with Crippen molar-refractivity contribution in [2.24, 2.45) is 0 Å². The van der Waals surface area contributed by atoms with Crippen LogP contribution in [0.3, 0.4) is 0 Å². The molecular formula is C51H30N4S. The van der Waals surface area contributed by atoms with Gasteiger partial charge in [-0.2, -0.15) is 0 Å². The molecule has 3 heterocycles. The Morgan fingerprint density at radius 1 is 0.357 bits per heavy atom.